The van der Waals surface area contributed by atoms with Crippen LogP contribution in [-0.4, -0.2) is 23.9 Å². The lowest BCUT2D eigenvalue weighted by Gasteiger charge is -2.38. The first-order chi connectivity index (χ1) is 9.41. The molecule has 1 saturated carbocycles. The number of nitrogen functional groups attached to an aromatic ring is 1. The number of carbonyl (C=O) groups is 1. The van der Waals surface area contributed by atoms with Crippen LogP contribution in [0.15, 0.2) is 16.5 Å². The van der Waals surface area contributed by atoms with Gasteiger partial charge in [0.2, 0.25) is 0 Å². The number of nitrogens with zero attached hydrogens (tertiary/aromatic N) is 1. The average Bonchev–Trinajstić information content (AvgIpc) is 2.86. The fraction of sp³-hybridized carbons (Fsp3) is 0.667. The summed E-state index contributed by atoms with van der Waals surface area (Å²) >= 11 is 0. The van der Waals surface area contributed by atoms with E-state index in [1.807, 2.05) is 6.07 Å². The lowest BCUT2D eigenvalue weighted by Crippen LogP contribution is -2.36. The SMILES string of the molecule is CN(Cc1ccc(C(=O)NN)o1)C1CCC(C)(C)CC1. The molecule has 0 aromatic carbocycles. The molecule has 0 saturated heterocycles. The van der Waals surface area contributed by atoms with Crippen molar-refractivity contribution in [2.24, 2.45) is 11.3 Å². The van der Waals surface area contributed by atoms with E-state index < -0.39 is 5.91 Å². The van der Waals surface area contributed by atoms with Gasteiger partial charge in [0.25, 0.3) is 0 Å². The van der Waals surface area contributed by atoms with Crippen LogP contribution in [0, 0.1) is 5.41 Å². The molecule has 1 heterocycles. The second kappa shape index (κ2) is 5.97. The third-order valence-corrected chi connectivity index (χ3v) is 4.35. The Bertz CT molecular complexity index is 457. The third kappa shape index (κ3) is 3.61. The van der Waals surface area contributed by atoms with Gasteiger partial charge in [-0.3, -0.25) is 15.1 Å². The van der Waals surface area contributed by atoms with Crippen LogP contribution < -0.4 is 11.3 Å². The van der Waals surface area contributed by atoms with Gasteiger partial charge >= 0.3 is 5.91 Å². The van der Waals surface area contributed by atoms with Crippen LogP contribution in [0.1, 0.15) is 55.8 Å². The molecule has 112 valence electrons. The lowest BCUT2D eigenvalue weighted by molar-refractivity contribution is 0.0915. The van der Waals surface area contributed by atoms with Crippen molar-refractivity contribution in [3.8, 4) is 0 Å². The second-order valence-corrected chi connectivity index (χ2v) is 6.55. The van der Waals surface area contributed by atoms with E-state index in [-0.39, 0.29) is 5.76 Å². The fourth-order valence-electron chi connectivity index (χ4n) is 2.86. The second-order valence-electron chi connectivity index (χ2n) is 6.55. The number of hydrazine groups is 1. The van der Waals surface area contributed by atoms with Gasteiger partial charge in [0.15, 0.2) is 5.76 Å². The highest BCUT2D eigenvalue weighted by molar-refractivity contribution is 5.90. The van der Waals surface area contributed by atoms with Gasteiger partial charge in [-0.15, -0.1) is 0 Å². The molecule has 0 unspecified atom stereocenters. The number of hydrogen-bond acceptors (Lipinski definition) is 4. The molecule has 1 fully saturated rings. The molecule has 1 aliphatic rings. The summed E-state index contributed by atoms with van der Waals surface area (Å²) in [5.41, 5.74) is 2.55. The minimum Gasteiger partial charge on any atom is -0.455 e. The zero-order chi connectivity index (χ0) is 14.8. The summed E-state index contributed by atoms with van der Waals surface area (Å²) in [6, 6.07) is 4.10. The number of furan rings is 1. The molecular weight excluding hydrogens is 254 g/mol. The third-order valence-electron chi connectivity index (χ3n) is 4.35. The predicted octanol–water partition coefficient (Wildman–Crippen LogP) is 2.28. The Morgan fingerprint density at radius 1 is 1.45 bits per heavy atom. The van der Waals surface area contributed by atoms with Gasteiger partial charge in [0.1, 0.15) is 5.76 Å². The van der Waals surface area contributed by atoms with Crippen LogP contribution in [0.5, 0.6) is 0 Å². The Labute approximate surface area is 120 Å². The van der Waals surface area contributed by atoms with Crippen LogP contribution in [0.3, 0.4) is 0 Å². The van der Waals surface area contributed by atoms with E-state index in [4.69, 9.17) is 10.3 Å². The summed E-state index contributed by atoms with van der Waals surface area (Å²) in [5.74, 6) is 5.76. The van der Waals surface area contributed by atoms with Crippen molar-refractivity contribution in [2.45, 2.75) is 52.1 Å². The van der Waals surface area contributed by atoms with Crippen molar-refractivity contribution in [1.82, 2.24) is 10.3 Å². The molecule has 1 aromatic heterocycles. The van der Waals surface area contributed by atoms with Crippen LogP contribution in [0.25, 0.3) is 0 Å². The molecule has 2 rings (SSSR count). The topological polar surface area (TPSA) is 71.5 Å². The first-order valence-electron chi connectivity index (χ1n) is 7.21. The standard InChI is InChI=1S/C15H25N3O2/c1-15(2)8-6-11(7-9-15)18(3)10-12-4-5-13(20-12)14(19)17-16/h4-5,11H,6-10,16H2,1-3H3,(H,17,19). The van der Waals surface area contributed by atoms with Gasteiger partial charge in [-0.1, -0.05) is 13.8 Å². The molecule has 5 heteroatoms. The number of nitrogens with two attached hydrogens (primary N) is 1. The normalized spacial score (nSPS) is 19.2. The van der Waals surface area contributed by atoms with Gasteiger partial charge < -0.3 is 4.42 Å². The maximum absolute atomic E-state index is 11.3. The molecule has 0 bridgehead atoms. The summed E-state index contributed by atoms with van der Waals surface area (Å²) < 4.78 is 5.51. The van der Waals surface area contributed by atoms with Crippen molar-refractivity contribution in [1.29, 1.82) is 0 Å². The molecule has 0 aliphatic heterocycles. The molecule has 3 N–H and O–H groups in total. The minimum absolute atomic E-state index is 0.265. The van der Waals surface area contributed by atoms with Crippen LogP contribution in [0.4, 0.5) is 0 Å². The molecule has 5 nitrogen and oxygen atoms in total. The van der Waals surface area contributed by atoms with Gasteiger partial charge in [0.05, 0.1) is 6.54 Å². The van der Waals surface area contributed by atoms with Gasteiger partial charge in [-0.2, -0.15) is 0 Å². The summed E-state index contributed by atoms with van der Waals surface area (Å²) in [6.07, 6.45) is 4.97. The van der Waals surface area contributed by atoms with Gasteiger partial charge in [0, 0.05) is 6.04 Å². The lowest BCUT2D eigenvalue weighted by atomic mass is 9.75. The first-order valence-corrected chi connectivity index (χ1v) is 7.21. The fourth-order valence-corrected chi connectivity index (χ4v) is 2.86. The van der Waals surface area contributed by atoms with Crippen molar-refractivity contribution in [3.05, 3.63) is 23.7 Å². The van der Waals surface area contributed by atoms with E-state index in [9.17, 15) is 4.79 Å². The molecule has 0 atom stereocenters. The summed E-state index contributed by atoms with van der Waals surface area (Å²) in [7, 11) is 2.12. The predicted molar refractivity (Wildman–Crippen MR) is 77.9 cm³/mol. The van der Waals surface area contributed by atoms with Gasteiger partial charge in [-0.05, 0) is 50.3 Å². The van der Waals surface area contributed by atoms with Crippen molar-refractivity contribution >= 4 is 5.91 Å². The highest BCUT2D eigenvalue weighted by Gasteiger charge is 2.29. The maximum Gasteiger partial charge on any atom is 0.300 e. The highest BCUT2D eigenvalue weighted by Crippen LogP contribution is 2.36. The zero-order valence-corrected chi connectivity index (χ0v) is 12.6. The molecule has 1 amide bonds. The van der Waals surface area contributed by atoms with Gasteiger partial charge in [-0.25, -0.2) is 5.84 Å². The highest BCUT2D eigenvalue weighted by atomic mass is 16.4. The summed E-state index contributed by atoms with van der Waals surface area (Å²) in [6.45, 7) is 5.41. The van der Waals surface area contributed by atoms with E-state index in [0.29, 0.717) is 11.5 Å². The number of hydrogen-bond donors (Lipinski definition) is 2. The molecule has 20 heavy (non-hydrogen) atoms. The Kier molecular flexibility index (Phi) is 4.50. The quantitative estimate of drug-likeness (QED) is 0.504. The summed E-state index contributed by atoms with van der Waals surface area (Å²) in [4.78, 5) is 13.7. The minimum atomic E-state index is -0.390. The Morgan fingerprint density at radius 3 is 2.70 bits per heavy atom. The summed E-state index contributed by atoms with van der Waals surface area (Å²) in [5, 5.41) is 0. The zero-order valence-electron chi connectivity index (χ0n) is 12.6. The number of amides is 1. The Balaban J connectivity index is 1.90. The van der Waals surface area contributed by atoms with E-state index >= 15 is 0 Å². The number of rotatable bonds is 4. The molecule has 1 aromatic rings. The first kappa shape index (κ1) is 15.1. The molecular formula is C15H25N3O2. The maximum atomic E-state index is 11.3. The van der Waals surface area contributed by atoms with E-state index in [2.05, 4.69) is 31.2 Å². The van der Waals surface area contributed by atoms with Crippen LogP contribution in [0.2, 0.25) is 0 Å². The number of carbonyl (C=O) groups excluding carboxylic acids is 1. The largest absolute Gasteiger partial charge is 0.455 e. The smallest absolute Gasteiger partial charge is 0.300 e. The monoisotopic (exact) mass is 279 g/mol. The molecule has 0 spiro atoms. The van der Waals surface area contributed by atoms with E-state index in [1.165, 1.54) is 25.7 Å². The number of nitrogens with one attached hydrogen (secondary N) is 1. The Morgan fingerprint density at radius 2 is 2.10 bits per heavy atom. The van der Waals surface area contributed by atoms with Crippen molar-refractivity contribution in [3.63, 3.8) is 0 Å². The van der Waals surface area contributed by atoms with E-state index in [1.54, 1.807) is 6.07 Å². The van der Waals surface area contributed by atoms with Crippen LogP contribution in [-0.2, 0) is 6.54 Å². The Hall–Kier alpha value is -1.33. The van der Waals surface area contributed by atoms with Crippen molar-refractivity contribution in [2.75, 3.05) is 7.05 Å². The van der Waals surface area contributed by atoms with Crippen molar-refractivity contribution < 1.29 is 9.21 Å². The van der Waals surface area contributed by atoms with E-state index in [0.717, 1.165) is 12.3 Å². The van der Waals surface area contributed by atoms with Crippen LogP contribution >= 0.6 is 0 Å². The molecule has 0 radical (unpaired) electrons. The molecule has 1 aliphatic carbocycles. The average molecular weight is 279 g/mol.